The van der Waals surface area contributed by atoms with Crippen LogP contribution in [-0.2, 0) is 9.53 Å². The molecule has 1 heterocycles. The number of carbonyl (C=O) groups excluding carboxylic acids is 1. The molecule has 2 rings (SSSR count). The summed E-state index contributed by atoms with van der Waals surface area (Å²) in [5.41, 5.74) is 1.15. The van der Waals surface area contributed by atoms with Gasteiger partial charge in [0, 0.05) is 25.3 Å². The molecule has 1 saturated heterocycles. The van der Waals surface area contributed by atoms with E-state index in [4.69, 9.17) is 4.74 Å². The molecule has 1 N–H and O–H groups in total. The van der Waals surface area contributed by atoms with Gasteiger partial charge in [-0.05, 0) is 12.1 Å². The van der Waals surface area contributed by atoms with Crippen molar-refractivity contribution in [2.24, 2.45) is 0 Å². The van der Waals surface area contributed by atoms with Crippen LogP contribution in [0.1, 0.15) is 0 Å². The zero-order chi connectivity index (χ0) is 11.4. The molecule has 1 fully saturated rings. The molecule has 1 aromatic carbocycles. The van der Waals surface area contributed by atoms with Crippen molar-refractivity contribution in [1.82, 2.24) is 5.32 Å². The third kappa shape index (κ3) is 2.33. The largest absolute Gasteiger partial charge is 0.468 e. The van der Waals surface area contributed by atoms with Crippen molar-refractivity contribution in [3.8, 4) is 0 Å². The zero-order valence-corrected chi connectivity index (χ0v) is 9.35. The second kappa shape index (κ2) is 4.99. The van der Waals surface area contributed by atoms with E-state index in [-0.39, 0.29) is 12.0 Å². The van der Waals surface area contributed by atoms with Gasteiger partial charge in [-0.15, -0.1) is 0 Å². The molecule has 1 unspecified atom stereocenters. The SMILES string of the molecule is COC(=O)C1CN(c2ccccc2)CCN1. The fourth-order valence-corrected chi connectivity index (χ4v) is 1.92. The molecule has 1 atom stereocenters. The van der Waals surface area contributed by atoms with E-state index in [0.29, 0.717) is 6.54 Å². The maximum Gasteiger partial charge on any atom is 0.324 e. The van der Waals surface area contributed by atoms with Crippen LogP contribution in [0.2, 0.25) is 0 Å². The Balaban J connectivity index is 2.05. The van der Waals surface area contributed by atoms with E-state index < -0.39 is 0 Å². The molecule has 0 aromatic heterocycles. The minimum absolute atomic E-state index is 0.194. The Morgan fingerprint density at radius 2 is 2.19 bits per heavy atom. The van der Waals surface area contributed by atoms with Crippen LogP contribution in [0.15, 0.2) is 30.3 Å². The molecular formula is C12H16N2O2. The van der Waals surface area contributed by atoms with Gasteiger partial charge >= 0.3 is 5.97 Å². The summed E-state index contributed by atoms with van der Waals surface area (Å²) in [5.74, 6) is -0.194. The molecule has 4 heteroatoms. The summed E-state index contributed by atoms with van der Waals surface area (Å²) in [6, 6.07) is 9.89. The Kier molecular flexibility index (Phi) is 3.41. The van der Waals surface area contributed by atoms with Gasteiger partial charge in [-0.2, -0.15) is 0 Å². The maximum absolute atomic E-state index is 11.4. The Labute approximate surface area is 95.2 Å². The number of piperazine rings is 1. The topological polar surface area (TPSA) is 41.6 Å². The first-order chi connectivity index (χ1) is 7.81. The van der Waals surface area contributed by atoms with Crippen LogP contribution >= 0.6 is 0 Å². The number of esters is 1. The fourth-order valence-electron chi connectivity index (χ4n) is 1.92. The van der Waals surface area contributed by atoms with Crippen LogP contribution in [0.25, 0.3) is 0 Å². The Bertz CT molecular complexity index is 353. The summed E-state index contributed by atoms with van der Waals surface area (Å²) in [7, 11) is 1.42. The lowest BCUT2D eigenvalue weighted by Gasteiger charge is -2.33. The number of nitrogens with one attached hydrogen (secondary N) is 1. The van der Waals surface area contributed by atoms with Crippen LogP contribution in [0.3, 0.4) is 0 Å². The molecular weight excluding hydrogens is 204 g/mol. The van der Waals surface area contributed by atoms with E-state index in [2.05, 4.69) is 22.3 Å². The molecule has 0 radical (unpaired) electrons. The molecule has 0 saturated carbocycles. The number of methoxy groups -OCH3 is 1. The smallest absolute Gasteiger partial charge is 0.324 e. The van der Waals surface area contributed by atoms with E-state index in [0.717, 1.165) is 18.8 Å². The van der Waals surface area contributed by atoms with Crippen LogP contribution in [0.5, 0.6) is 0 Å². The first kappa shape index (κ1) is 11.0. The van der Waals surface area contributed by atoms with Crippen molar-refractivity contribution < 1.29 is 9.53 Å². The van der Waals surface area contributed by atoms with Gasteiger partial charge in [-0.1, -0.05) is 18.2 Å². The van der Waals surface area contributed by atoms with E-state index in [1.807, 2.05) is 18.2 Å². The molecule has 1 aliphatic rings. The van der Waals surface area contributed by atoms with Crippen molar-refractivity contribution in [2.75, 3.05) is 31.6 Å². The number of para-hydroxylation sites is 1. The van der Waals surface area contributed by atoms with Crippen molar-refractivity contribution in [3.05, 3.63) is 30.3 Å². The fraction of sp³-hybridized carbons (Fsp3) is 0.417. The lowest BCUT2D eigenvalue weighted by atomic mass is 10.2. The highest BCUT2D eigenvalue weighted by atomic mass is 16.5. The summed E-state index contributed by atoms with van der Waals surface area (Å²) in [4.78, 5) is 13.6. The quantitative estimate of drug-likeness (QED) is 0.743. The van der Waals surface area contributed by atoms with Crippen molar-refractivity contribution >= 4 is 11.7 Å². The van der Waals surface area contributed by atoms with Gasteiger partial charge in [0.05, 0.1) is 7.11 Å². The van der Waals surface area contributed by atoms with Gasteiger partial charge in [0.1, 0.15) is 6.04 Å². The lowest BCUT2D eigenvalue weighted by Crippen LogP contribution is -2.54. The van der Waals surface area contributed by atoms with Crippen molar-refractivity contribution in [2.45, 2.75) is 6.04 Å². The Morgan fingerprint density at radius 1 is 1.44 bits per heavy atom. The number of ether oxygens (including phenoxy) is 1. The highest BCUT2D eigenvalue weighted by Gasteiger charge is 2.25. The summed E-state index contributed by atoms with van der Waals surface area (Å²) in [5, 5.41) is 3.15. The predicted octanol–water partition coefficient (Wildman–Crippen LogP) is 0.638. The predicted molar refractivity (Wildman–Crippen MR) is 62.5 cm³/mol. The Morgan fingerprint density at radius 3 is 2.88 bits per heavy atom. The first-order valence-electron chi connectivity index (χ1n) is 5.42. The number of nitrogens with zero attached hydrogens (tertiary/aromatic N) is 1. The summed E-state index contributed by atoms with van der Waals surface area (Å²) < 4.78 is 4.75. The highest BCUT2D eigenvalue weighted by Crippen LogP contribution is 2.15. The number of benzene rings is 1. The second-order valence-corrected chi connectivity index (χ2v) is 3.81. The Hall–Kier alpha value is -1.55. The third-order valence-electron chi connectivity index (χ3n) is 2.78. The average Bonchev–Trinajstić information content (AvgIpc) is 2.39. The average molecular weight is 220 g/mol. The molecule has 1 aliphatic heterocycles. The van der Waals surface area contributed by atoms with Gasteiger partial charge in [-0.25, -0.2) is 0 Å². The van der Waals surface area contributed by atoms with Gasteiger partial charge in [0.25, 0.3) is 0 Å². The summed E-state index contributed by atoms with van der Waals surface area (Å²) in [6.07, 6.45) is 0. The van der Waals surface area contributed by atoms with Crippen LogP contribution in [0.4, 0.5) is 5.69 Å². The highest BCUT2D eigenvalue weighted by molar-refractivity contribution is 5.77. The summed E-state index contributed by atoms with van der Waals surface area (Å²) in [6.45, 7) is 2.38. The minimum Gasteiger partial charge on any atom is -0.468 e. The zero-order valence-electron chi connectivity index (χ0n) is 9.35. The molecule has 86 valence electrons. The van der Waals surface area contributed by atoms with Crippen LogP contribution < -0.4 is 10.2 Å². The number of hydrogen-bond donors (Lipinski definition) is 1. The summed E-state index contributed by atoms with van der Waals surface area (Å²) >= 11 is 0. The maximum atomic E-state index is 11.4. The van der Waals surface area contributed by atoms with Gasteiger partial charge < -0.3 is 15.0 Å². The number of carbonyl (C=O) groups is 1. The van der Waals surface area contributed by atoms with Gasteiger partial charge in [0.2, 0.25) is 0 Å². The monoisotopic (exact) mass is 220 g/mol. The molecule has 4 nitrogen and oxygen atoms in total. The number of rotatable bonds is 2. The molecule has 16 heavy (non-hydrogen) atoms. The normalized spacial score (nSPS) is 20.6. The minimum atomic E-state index is -0.223. The van der Waals surface area contributed by atoms with E-state index in [9.17, 15) is 4.79 Å². The van der Waals surface area contributed by atoms with E-state index in [1.165, 1.54) is 7.11 Å². The molecule has 0 aliphatic carbocycles. The third-order valence-corrected chi connectivity index (χ3v) is 2.78. The molecule has 0 spiro atoms. The van der Waals surface area contributed by atoms with Crippen LogP contribution in [0, 0.1) is 0 Å². The molecule has 1 aromatic rings. The van der Waals surface area contributed by atoms with E-state index in [1.54, 1.807) is 0 Å². The standard InChI is InChI=1S/C12H16N2O2/c1-16-12(15)11-9-14(8-7-13-11)10-5-3-2-4-6-10/h2-6,11,13H,7-9H2,1H3. The van der Waals surface area contributed by atoms with Crippen LogP contribution in [-0.4, -0.2) is 38.8 Å². The molecule has 0 bridgehead atoms. The lowest BCUT2D eigenvalue weighted by molar-refractivity contribution is -0.143. The molecule has 0 amide bonds. The van der Waals surface area contributed by atoms with Gasteiger partial charge in [0.15, 0.2) is 0 Å². The number of anilines is 1. The van der Waals surface area contributed by atoms with E-state index >= 15 is 0 Å². The number of hydrogen-bond acceptors (Lipinski definition) is 4. The van der Waals surface area contributed by atoms with Crippen molar-refractivity contribution in [3.63, 3.8) is 0 Å². The second-order valence-electron chi connectivity index (χ2n) is 3.81. The first-order valence-corrected chi connectivity index (χ1v) is 5.42. The van der Waals surface area contributed by atoms with Crippen molar-refractivity contribution in [1.29, 1.82) is 0 Å². The van der Waals surface area contributed by atoms with Gasteiger partial charge in [-0.3, -0.25) is 4.79 Å².